The summed E-state index contributed by atoms with van der Waals surface area (Å²) in [5.74, 6) is 2.67. The third kappa shape index (κ3) is 6.60. The van der Waals surface area contributed by atoms with Crippen LogP contribution in [0.1, 0.15) is 84.6 Å². The Hall–Kier alpha value is -1.09. The van der Waals surface area contributed by atoms with Crippen LogP contribution in [0.4, 0.5) is 0 Å². The first-order chi connectivity index (χ1) is 19.4. The largest absolute Gasteiger partial charge is 0.489 e. The number of thioether (sulfide) groups is 1. The standard InChI is InChI=1S/C32H40Br2N2O2S2/c1-5-9-11-19(7-3)17-37-25-15-23-24(16-26(25)38-18-20(8-4)12-10-6-2)36-30-22-14-28(34)40-32(22)31-21(29(30)35-23)13-27(33)39-31/h13,15-16,19-20,28H,5-12,14,17-18H2,1-4H3. The fourth-order valence-electron chi connectivity index (χ4n) is 5.49. The normalized spacial score (nSPS) is 16.6. The van der Waals surface area contributed by atoms with Crippen molar-refractivity contribution in [3.05, 3.63) is 27.5 Å². The van der Waals surface area contributed by atoms with Crippen LogP contribution in [-0.2, 0) is 6.42 Å². The number of nitrogens with zero attached hydrogens (tertiary/aromatic N) is 2. The summed E-state index contributed by atoms with van der Waals surface area (Å²) in [5, 5.41) is 1.17. The summed E-state index contributed by atoms with van der Waals surface area (Å²) in [6.07, 6.45) is 10.5. The highest BCUT2D eigenvalue weighted by molar-refractivity contribution is 9.11. The smallest absolute Gasteiger partial charge is 0.163 e. The van der Waals surface area contributed by atoms with Gasteiger partial charge in [0.05, 0.1) is 47.9 Å². The van der Waals surface area contributed by atoms with Gasteiger partial charge in [-0.2, -0.15) is 0 Å². The molecular formula is C32H40Br2N2O2S2. The summed E-state index contributed by atoms with van der Waals surface area (Å²) in [4.78, 5) is 11.8. The topological polar surface area (TPSA) is 44.2 Å². The number of aromatic nitrogens is 2. The molecule has 2 aromatic carbocycles. The molecule has 0 bridgehead atoms. The Bertz CT molecular complexity index is 1470. The molecular weight excluding hydrogens is 668 g/mol. The van der Waals surface area contributed by atoms with Gasteiger partial charge >= 0.3 is 0 Å². The van der Waals surface area contributed by atoms with Crippen LogP contribution in [0.15, 0.2) is 26.9 Å². The predicted molar refractivity (Wildman–Crippen MR) is 180 cm³/mol. The zero-order valence-corrected chi connectivity index (χ0v) is 28.8. The number of fused-ring (bicyclic) bond motifs is 7. The second-order valence-electron chi connectivity index (χ2n) is 11.0. The molecule has 3 atom stereocenters. The molecule has 40 heavy (non-hydrogen) atoms. The van der Waals surface area contributed by atoms with E-state index in [1.54, 1.807) is 11.3 Å². The highest BCUT2D eigenvalue weighted by Gasteiger charge is 2.28. The first-order valence-corrected chi connectivity index (χ1v) is 18.3. The van der Waals surface area contributed by atoms with Gasteiger partial charge in [-0.1, -0.05) is 82.1 Å². The van der Waals surface area contributed by atoms with Crippen LogP contribution < -0.4 is 9.47 Å². The van der Waals surface area contributed by atoms with Crippen molar-refractivity contribution in [3.8, 4) is 11.5 Å². The van der Waals surface area contributed by atoms with Crippen molar-refractivity contribution in [3.63, 3.8) is 0 Å². The lowest BCUT2D eigenvalue weighted by Gasteiger charge is -2.20. The molecule has 0 saturated heterocycles. The number of hydrogen-bond donors (Lipinski definition) is 0. The molecule has 1 aliphatic heterocycles. The zero-order valence-electron chi connectivity index (χ0n) is 24.0. The van der Waals surface area contributed by atoms with Crippen molar-refractivity contribution in [2.24, 2.45) is 11.8 Å². The quantitative estimate of drug-likeness (QED) is 0.0964. The molecule has 1 aliphatic rings. The molecule has 0 fully saturated rings. The van der Waals surface area contributed by atoms with E-state index in [9.17, 15) is 0 Å². The Balaban J connectivity index is 1.57. The molecule has 0 N–H and O–H groups in total. The molecule has 5 rings (SSSR count). The summed E-state index contributed by atoms with van der Waals surface area (Å²) in [6, 6.07) is 6.34. The third-order valence-corrected chi connectivity index (χ3v) is 11.9. The molecule has 0 amide bonds. The van der Waals surface area contributed by atoms with Gasteiger partial charge in [0.15, 0.2) is 11.5 Å². The second kappa shape index (κ2) is 13.9. The monoisotopic (exact) mass is 706 g/mol. The summed E-state index contributed by atoms with van der Waals surface area (Å²) in [7, 11) is 0. The van der Waals surface area contributed by atoms with E-state index in [0.29, 0.717) is 29.2 Å². The van der Waals surface area contributed by atoms with Gasteiger partial charge in [0.1, 0.15) is 0 Å². The molecule has 0 aliphatic carbocycles. The first kappa shape index (κ1) is 30.4. The van der Waals surface area contributed by atoms with Gasteiger partial charge in [-0.15, -0.1) is 23.1 Å². The van der Waals surface area contributed by atoms with E-state index in [1.807, 2.05) is 11.8 Å². The minimum absolute atomic E-state index is 0.359. The minimum atomic E-state index is 0.359. The van der Waals surface area contributed by atoms with Crippen molar-refractivity contribution >= 4 is 87.1 Å². The maximum Gasteiger partial charge on any atom is 0.163 e. The van der Waals surface area contributed by atoms with E-state index in [1.165, 1.54) is 59.1 Å². The molecule has 0 radical (unpaired) electrons. The Kier molecular flexibility index (Phi) is 10.6. The number of hydrogen-bond acceptors (Lipinski definition) is 6. The van der Waals surface area contributed by atoms with E-state index in [0.717, 1.165) is 56.6 Å². The lowest BCUT2D eigenvalue weighted by molar-refractivity contribution is 0.199. The number of ether oxygens (including phenoxy) is 2. The van der Waals surface area contributed by atoms with Crippen LogP contribution in [0.25, 0.3) is 32.2 Å². The molecule has 3 heterocycles. The van der Waals surface area contributed by atoms with Gasteiger partial charge in [0.25, 0.3) is 0 Å². The molecule has 3 unspecified atom stereocenters. The SMILES string of the molecule is CCCCC(CC)COc1cc2nc3c4c(c5sc(Br)cc5c3nc2cc1OCC(CC)CCCC)SC(Br)C4. The van der Waals surface area contributed by atoms with Gasteiger partial charge in [-0.05, 0) is 58.7 Å². The van der Waals surface area contributed by atoms with Crippen molar-refractivity contribution in [1.82, 2.24) is 9.97 Å². The van der Waals surface area contributed by atoms with E-state index >= 15 is 0 Å². The van der Waals surface area contributed by atoms with Crippen molar-refractivity contribution in [1.29, 1.82) is 0 Å². The maximum atomic E-state index is 6.53. The summed E-state index contributed by atoms with van der Waals surface area (Å²) < 4.78 is 15.8. The Morgan fingerprint density at radius 3 is 2.00 bits per heavy atom. The Labute approximate surface area is 263 Å². The van der Waals surface area contributed by atoms with Crippen LogP contribution in [0.5, 0.6) is 11.5 Å². The highest BCUT2D eigenvalue weighted by Crippen LogP contribution is 2.50. The number of rotatable bonds is 14. The van der Waals surface area contributed by atoms with Crippen molar-refractivity contribution in [2.45, 2.75) is 94.5 Å². The molecule has 4 aromatic rings. The molecule has 2 aromatic heterocycles. The summed E-state index contributed by atoms with van der Waals surface area (Å²) >= 11 is 11.3. The molecule has 4 nitrogen and oxygen atoms in total. The number of thiophene rings is 1. The molecule has 8 heteroatoms. The van der Waals surface area contributed by atoms with E-state index < -0.39 is 0 Å². The lowest BCUT2D eigenvalue weighted by atomic mass is 10.0. The van der Waals surface area contributed by atoms with Crippen molar-refractivity contribution < 1.29 is 9.47 Å². The third-order valence-electron chi connectivity index (χ3n) is 8.10. The molecule has 216 valence electrons. The average molecular weight is 709 g/mol. The number of unbranched alkanes of at least 4 members (excludes halogenated alkanes) is 2. The Morgan fingerprint density at radius 1 is 0.875 bits per heavy atom. The van der Waals surface area contributed by atoms with Gasteiger partial charge in [-0.25, -0.2) is 9.97 Å². The molecule has 0 saturated carbocycles. The Morgan fingerprint density at radius 2 is 1.45 bits per heavy atom. The average Bonchev–Trinajstić information content (AvgIpc) is 3.54. The van der Waals surface area contributed by atoms with Crippen LogP contribution >= 0.6 is 55.0 Å². The van der Waals surface area contributed by atoms with Crippen LogP contribution in [0.2, 0.25) is 0 Å². The fraction of sp³-hybridized carbons (Fsp3) is 0.562. The van der Waals surface area contributed by atoms with Gasteiger partial charge in [0, 0.05) is 22.4 Å². The zero-order chi connectivity index (χ0) is 28.2. The minimum Gasteiger partial charge on any atom is -0.489 e. The van der Waals surface area contributed by atoms with Gasteiger partial charge in [-0.3, -0.25) is 0 Å². The predicted octanol–water partition coefficient (Wildman–Crippen LogP) is 11.3. The van der Waals surface area contributed by atoms with E-state index in [-0.39, 0.29) is 0 Å². The number of alkyl halides is 1. The van der Waals surface area contributed by atoms with Gasteiger partial charge in [0.2, 0.25) is 0 Å². The molecule has 0 spiro atoms. The number of halogens is 2. The van der Waals surface area contributed by atoms with Crippen LogP contribution in [0.3, 0.4) is 0 Å². The van der Waals surface area contributed by atoms with E-state index in [2.05, 4.69) is 77.8 Å². The number of benzene rings is 2. The second-order valence-corrected chi connectivity index (χ2v) is 16.4. The summed E-state index contributed by atoms with van der Waals surface area (Å²) in [5.41, 5.74) is 5.01. The maximum absolute atomic E-state index is 6.53. The van der Waals surface area contributed by atoms with Crippen molar-refractivity contribution in [2.75, 3.05) is 13.2 Å². The van der Waals surface area contributed by atoms with Gasteiger partial charge < -0.3 is 9.47 Å². The van der Waals surface area contributed by atoms with Crippen LogP contribution in [0, 0.1) is 11.8 Å². The fourth-order valence-corrected chi connectivity index (χ4v) is 9.26. The highest BCUT2D eigenvalue weighted by atomic mass is 79.9. The van der Waals surface area contributed by atoms with E-state index in [4.69, 9.17) is 19.4 Å². The first-order valence-electron chi connectivity index (χ1n) is 14.9. The lowest BCUT2D eigenvalue weighted by Crippen LogP contribution is -2.14. The summed E-state index contributed by atoms with van der Waals surface area (Å²) in [6.45, 7) is 10.4. The van der Waals surface area contributed by atoms with Crippen LogP contribution in [-0.4, -0.2) is 27.3 Å².